The van der Waals surface area contributed by atoms with Crippen LogP contribution in [0.1, 0.15) is 25.3 Å². The van der Waals surface area contributed by atoms with E-state index in [1.165, 1.54) is 24.3 Å². The van der Waals surface area contributed by atoms with E-state index in [4.69, 9.17) is 4.74 Å². The summed E-state index contributed by atoms with van der Waals surface area (Å²) in [6, 6.07) is 10.8. The largest absolute Gasteiger partial charge is 0.481 e. The fourth-order valence-corrected chi connectivity index (χ4v) is 2.63. The summed E-state index contributed by atoms with van der Waals surface area (Å²) in [7, 11) is 0. The molecule has 0 aromatic heterocycles. The zero-order valence-electron chi connectivity index (χ0n) is 15.6. The van der Waals surface area contributed by atoms with Crippen molar-refractivity contribution in [1.82, 2.24) is 0 Å². The third-order valence-electron chi connectivity index (χ3n) is 4.53. The van der Waals surface area contributed by atoms with Crippen molar-refractivity contribution in [3.8, 4) is 5.75 Å². The van der Waals surface area contributed by atoms with Crippen molar-refractivity contribution in [3.63, 3.8) is 0 Å². The maximum Gasteiger partial charge on any atom is 0.269 e. The molecule has 2 amide bonds. The van der Waals surface area contributed by atoms with Crippen molar-refractivity contribution in [1.29, 1.82) is 0 Å². The first kappa shape index (κ1) is 19.3. The molecule has 1 atom stereocenters. The molecule has 0 heterocycles. The number of hydrogen-bond donors (Lipinski definition) is 2. The molecule has 0 bridgehead atoms. The predicted molar refractivity (Wildman–Crippen MR) is 104 cm³/mol. The van der Waals surface area contributed by atoms with Gasteiger partial charge < -0.3 is 15.4 Å². The highest BCUT2D eigenvalue weighted by Gasteiger charge is 2.30. The number of nitro benzene ring substituents is 1. The molecule has 1 aliphatic carbocycles. The van der Waals surface area contributed by atoms with Gasteiger partial charge in [0.15, 0.2) is 6.10 Å². The van der Waals surface area contributed by atoms with Gasteiger partial charge in [-0.15, -0.1) is 0 Å². The van der Waals surface area contributed by atoms with E-state index in [2.05, 4.69) is 10.6 Å². The number of ether oxygens (including phenoxy) is 1. The van der Waals surface area contributed by atoms with Gasteiger partial charge in [0.05, 0.1) is 4.92 Å². The normalized spacial score (nSPS) is 14.1. The van der Waals surface area contributed by atoms with Gasteiger partial charge in [-0.2, -0.15) is 0 Å². The van der Waals surface area contributed by atoms with Crippen LogP contribution in [0.25, 0.3) is 0 Å². The van der Waals surface area contributed by atoms with Gasteiger partial charge in [0.1, 0.15) is 5.75 Å². The second-order valence-corrected chi connectivity index (χ2v) is 6.74. The smallest absolute Gasteiger partial charge is 0.269 e. The molecule has 1 unspecified atom stereocenters. The van der Waals surface area contributed by atoms with Crippen LogP contribution in [0.15, 0.2) is 42.5 Å². The van der Waals surface area contributed by atoms with E-state index in [0.29, 0.717) is 17.1 Å². The van der Waals surface area contributed by atoms with Crippen molar-refractivity contribution in [2.24, 2.45) is 5.92 Å². The molecule has 0 aliphatic heterocycles. The lowest BCUT2D eigenvalue weighted by Gasteiger charge is -2.17. The molecule has 0 saturated heterocycles. The topological polar surface area (TPSA) is 111 Å². The third-order valence-corrected chi connectivity index (χ3v) is 4.53. The Labute approximate surface area is 162 Å². The molecule has 8 nitrogen and oxygen atoms in total. The van der Waals surface area contributed by atoms with Crippen molar-refractivity contribution < 1.29 is 19.2 Å². The highest BCUT2D eigenvalue weighted by Crippen LogP contribution is 2.31. The zero-order chi connectivity index (χ0) is 20.3. The highest BCUT2D eigenvalue weighted by atomic mass is 16.6. The van der Waals surface area contributed by atoms with Gasteiger partial charge in [0.25, 0.3) is 11.6 Å². The van der Waals surface area contributed by atoms with E-state index in [1.807, 2.05) is 6.92 Å². The van der Waals surface area contributed by atoms with Gasteiger partial charge in [-0.05, 0) is 56.5 Å². The molecule has 0 radical (unpaired) electrons. The Bertz CT molecular complexity index is 907. The number of nitrogens with one attached hydrogen (secondary N) is 2. The summed E-state index contributed by atoms with van der Waals surface area (Å²) in [5, 5.41) is 16.4. The number of anilines is 2. The summed E-state index contributed by atoms with van der Waals surface area (Å²) in [6.07, 6.45) is 1.02. The van der Waals surface area contributed by atoms with Crippen LogP contribution >= 0.6 is 0 Å². The van der Waals surface area contributed by atoms with Gasteiger partial charge in [-0.3, -0.25) is 19.7 Å². The van der Waals surface area contributed by atoms with Crippen LogP contribution in [0.2, 0.25) is 0 Å². The molecule has 3 rings (SSSR count). The molecule has 1 fully saturated rings. The average Bonchev–Trinajstić information content (AvgIpc) is 3.50. The van der Waals surface area contributed by atoms with Crippen LogP contribution in [-0.2, 0) is 9.59 Å². The maximum absolute atomic E-state index is 12.5. The van der Waals surface area contributed by atoms with Crippen molar-refractivity contribution in [2.75, 3.05) is 10.6 Å². The summed E-state index contributed by atoms with van der Waals surface area (Å²) in [5.74, 6) is 0.0803. The number of hydrogen-bond acceptors (Lipinski definition) is 5. The summed E-state index contributed by atoms with van der Waals surface area (Å²) >= 11 is 0. The molecule has 1 aliphatic rings. The third kappa shape index (κ3) is 4.64. The molecule has 2 N–H and O–H groups in total. The summed E-state index contributed by atoms with van der Waals surface area (Å²) in [5.41, 5.74) is 1.95. The fourth-order valence-electron chi connectivity index (χ4n) is 2.63. The fraction of sp³-hybridized carbons (Fsp3) is 0.300. The number of carbonyl (C=O) groups excluding carboxylic acids is 2. The minimum absolute atomic E-state index is 0.00134. The Morgan fingerprint density at radius 2 is 1.71 bits per heavy atom. The van der Waals surface area contributed by atoms with Crippen LogP contribution < -0.4 is 15.4 Å². The molecule has 2 aromatic rings. The lowest BCUT2D eigenvalue weighted by Crippen LogP contribution is -2.30. The van der Waals surface area contributed by atoms with Crippen molar-refractivity contribution in [3.05, 3.63) is 58.1 Å². The molecule has 1 saturated carbocycles. The van der Waals surface area contributed by atoms with Crippen LogP contribution in [0.4, 0.5) is 17.1 Å². The Morgan fingerprint density at radius 1 is 1.11 bits per heavy atom. The number of carbonyl (C=O) groups is 2. The maximum atomic E-state index is 12.5. The second kappa shape index (κ2) is 8.08. The number of benzene rings is 2. The Balaban J connectivity index is 1.63. The Kier molecular flexibility index (Phi) is 5.58. The van der Waals surface area contributed by atoms with E-state index in [-0.39, 0.29) is 23.4 Å². The van der Waals surface area contributed by atoms with Crippen LogP contribution in [-0.4, -0.2) is 22.8 Å². The van der Waals surface area contributed by atoms with E-state index < -0.39 is 11.0 Å². The number of amides is 2. The standard InChI is InChI=1S/C20H21N3O5/c1-12-17(4-3-5-18(12)22-20(25)14-6-7-14)21-19(24)13(2)28-16-10-8-15(9-11-16)23(26)27/h3-5,8-11,13-14H,6-7H2,1-2H3,(H,21,24)(H,22,25). The average molecular weight is 383 g/mol. The van der Waals surface area contributed by atoms with Gasteiger partial charge in [0, 0.05) is 29.4 Å². The molecule has 8 heteroatoms. The van der Waals surface area contributed by atoms with Gasteiger partial charge in [-0.25, -0.2) is 0 Å². The quantitative estimate of drug-likeness (QED) is 0.560. The van der Waals surface area contributed by atoms with Crippen molar-refractivity contribution >= 4 is 28.9 Å². The van der Waals surface area contributed by atoms with Crippen LogP contribution in [0.5, 0.6) is 5.75 Å². The molecule has 146 valence electrons. The molecule has 2 aromatic carbocycles. The van der Waals surface area contributed by atoms with Gasteiger partial charge in [-0.1, -0.05) is 6.07 Å². The number of rotatable bonds is 7. The highest BCUT2D eigenvalue weighted by molar-refractivity contribution is 5.98. The minimum atomic E-state index is -0.814. The van der Waals surface area contributed by atoms with E-state index in [1.54, 1.807) is 25.1 Å². The molecular formula is C20H21N3O5. The SMILES string of the molecule is Cc1c(NC(=O)C2CC2)cccc1NC(=O)C(C)Oc1ccc([N+](=O)[O-])cc1. The first-order valence-electron chi connectivity index (χ1n) is 8.97. The lowest BCUT2D eigenvalue weighted by molar-refractivity contribution is -0.384. The number of non-ortho nitro benzene ring substituents is 1. The summed E-state index contributed by atoms with van der Waals surface area (Å²) in [4.78, 5) is 34.6. The minimum Gasteiger partial charge on any atom is -0.481 e. The molecule has 0 spiro atoms. The Morgan fingerprint density at radius 3 is 2.29 bits per heavy atom. The number of nitrogens with zero attached hydrogens (tertiary/aromatic N) is 1. The molecular weight excluding hydrogens is 362 g/mol. The predicted octanol–water partition coefficient (Wildman–Crippen LogP) is 3.66. The zero-order valence-corrected chi connectivity index (χ0v) is 15.6. The van der Waals surface area contributed by atoms with E-state index in [0.717, 1.165) is 18.4 Å². The Hall–Kier alpha value is -3.42. The first-order chi connectivity index (χ1) is 13.3. The van der Waals surface area contributed by atoms with Crippen LogP contribution in [0.3, 0.4) is 0 Å². The first-order valence-corrected chi connectivity index (χ1v) is 8.97. The van der Waals surface area contributed by atoms with E-state index in [9.17, 15) is 19.7 Å². The van der Waals surface area contributed by atoms with Crippen molar-refractivity contribution in [2.45, 2.75) is 32.8 Å². The lowest BCUT2D eigenvalue weighted by atomic mass is 10.1. The summed E-state index contributed by atoms with van der Waals surface area (Å²) < 4.78 is 5.55. The monoisotopic (exact) mass is 383 g/mol. The van der Waals surface area contributed by atoms with Gasteiger partial charge >= 0.3 is 0 Å². The van der Waals surface area contributed by atoms with E-state index >= 15 is 0 Å². The second-order valence-electron chi connectivity index (χ2n) is 6.74. The number of nitro groups is 1. The molecule has 28 heavy (non-hydrogen) atoms. The van der Waals surface area contributed by atoms with Gasteiger partial charge in [0.2, 0.25) is 5.91 Å². The summed E-state index contributed by atoms with van der Waals surface area (Å²) in [6.45, 7) is 3.41. The van der Waals surface area contributed by atoms with Crippen LogP contribution in [0, 0.1) is 23.0 Å².